The van der Waals surface area contributed by atoms with Crippen molar-refractivity contribution in [2.24, 2.45) is 10.9 Å². The minimum Gasteiger partial charge on any atom is -0.395 e. The molecule has 0 aliphatic carbocycles. The third kappa shape index (κ3) is 6.58. The summed E-state index contributed by atoms with van der Waals surface area (Å²) in [5, 5.41) is 29.0. The highest BCUT2D eigenvalue weighted by atomic mass is 32.2. The van der Waals surface area contributed by atoms with Gasteiger partial charge in [-0.15, -0.1) is 11.8 Å². The van der Waals surface area contributed by atoms with Crippen molar-refractivity contribution in [2.45, 2.75) is 56.1 Å². The highest BCUT2D eigenvalue weighted by Crippen LogP contribution is 2.36. The maximum atomic E-state index is 10.8. The molecule has 6 nitrogen and oxygen atoms in total. The first-order valence-electron chi connectivity index (χ1n) is 7.31. The summed E-state index contributed by atoms with van der Waals surface area (Å²) in [6.07, 6.45) is 4.83. The summed E-state index contributed by atoms with van der Waals surface area (Å²) < 4.78 is 0. The van der Waals surface area contributed by atoms with Gasteiger partial charge < -0.3 is 10.2 Å². The number of thioether (sulfide) groups is 1. The molecule has 1 rings (SSSR count). The molecule has 2 unspecified atom stereocenters. The standard InChI is InChI=1S/C14H25N3O3S/c1-3-10(7-16-14(15)17-9(2)19)4-5-11-6-12(20)13(8-18)21-11/h7,10-13,18,20H,3-6,8H2,1-2H3,(H2,15,17,19)/t10?,11-,12?,13+/m0/s1. The van der Waals surface area contributed by atoms with Crippen LogP contribution in [0.4, 0.5) is 0 Å². The molecule has 4 N–H and O–H groups in total. The fraction of sp³-hybridized carbons (Fsp3) is 0.786. The van der Waals surface area contributed by atoms with E-state index in [1.54, 1.807) is 18.0 Å². The minimum atomic E-state index is -0.410. The zero-order valence-electron chi connectivity index (χ0n) is 12.6. The van der Waals surface area contributed by atoms with Crippen LogP contribution in [-0.4, -0.2) is 51.5 Å². The third-order valence-electron chi connectivity index (χ3n) is 3.57. The number of guanidine groups is 1. The Balaban J connectivity index is 2.36. The first-order chi connectivity index (χ1) is 9.96. The van der Waals surface area contributed by atoms with E-state index in [0.29, 0.717) is 5.25 Å². The monoisotopic (exact) mass is 315 g/mol. The molecule has 21 heavy (non-hydrogen) atoms. The number of nitrogens with one attached hydrogen (secondary N) is 2. The number of amides is 1. The Labute approximate surface area is 129 Å². The molecule has 0 aromatic heterocycles. The normalized spacial score (nSPS) is 27.0. The van der Waals surface area contributed by atoms with E-state index in [9.17, 15) is 9.90 Å². The summed E-state index contributed by atoms with van der Waals surface area (Å²) in [5.41, 5.74) is 0. The molecule has 1 aliphatic heterocycles. The molecule has 1 aliphatic rings. The van der Waals surface area contributed by atoms with Crippen molar-refractivity contribution in [2.75, 3.05) is 6.61 Å². The topological polar surface area (TPSA) is 106 Å². The van der Waals surface area contributed by atoms with Crippen LogP contribution >= 0.6 is 11.8 Å². The van der Waals surface area contributed by atoms with Crippen molar-refractivity contribution in [1.29, 1.82) is 5.41 Å². The van der Waals surface area contributed by atoms with Gasteiger partial charge in [0.05, 0.1) is 18.0 Å². The van der Waals surface area contributed by atoms with Crippen LogP contribution in [0.3, 0.4) is 0 Å². The number of hydrogen-bond donors (Lipinski definition) is 4. The number of carbonyl (C=O) groups is 1. The molecule has 1 saturated heterocycles. The molecule has 1 amide bonds. The van der Waals surface area contributed by atoms with Gasteiger partial charge >= 0.3 is 0 Å². The fourth-order valence-corrected chi connectivity index (χ4v) is 3.78. The predicted molar refractivity (Wildman–Crippen MR) is 85.9 cm³/mol. The predicted octanol–water partition coefficient (Wildman–Crippen LogP) is 1.16. The van der Waals surface area contributed by atoms with Crippen molar-refractivity contribution >= 4 is 29.8 Å². The van der Waals surface area contributed by atoms with Crippen molar-refractivity contribution in [3.05, 3.63) is 0 Å². The van der Waals surface area contributed by atoms with E-state index in [-0.39, 0.29) is 29.6 Å². The molecule has 1 heterocycles. The molecule has 0 aromatic rings. The highest BCUT2D eigenvalue weighted by Gasteiger charge is 2.32. The van der Waals surface area contributed by atoms with Gasteiger partial charge in [0.2, 0.25) is 11.9 Å². The van der Waals surface area contributed by atoms with Crippen LogP contribution in [0.1, 0.15) is 39.5 Å². The number of carbonyl (C=O) groups excluding carboxylic acids is 1. The Morgan fingerprint density at radius 2 is 2.33 bits per heavy atom. The average molecular weight is 315 g/mol. The van der Waals surface area contributed by atoms with Crippen LogP contribution in [-0.2, 0) is 4.79 Å². The van der Waals surface area contributed by atoms with Gasteiger partial charge in [0.1, 0.15) is 0 Å². The number of hydrogen-bond acceptors (Lipinski definition) is 5. The largest absolute Gasteiger partial charge is 0.395 e. The second-order valence-electron chi connectivity index (χ2n) is 5.34. The first-order valence-corrected chi connectivity index (χ1v) is 8.25. The molecule has 0 aromatic carbocycles. The number of aliphatic imine (C=N–C) groups is 1. The molecule has 0 radical (unpaired) electrons. The van der Waals surface area contributed by atoms with E-state index < -0.39 is 6.10 Å². The summed E-state index contributed by atoms with van der Waals surface area (Å²) in [6, 6.07) is 0. The number of rotatable bonds is 6. The van der Waals surface area contributed by atoms with Gasteiger partial charge in [0.25, 0.3) is 0 Å². The van der Waals surface area contributed by atoms with Gasteiger partial charge in [-0.05, 0) is 31.6 Å². The van der Waals surface area contributed by atoms with E-state index in [0.717, 1.165) is 25.7 Å². The zero-order valence-corrected chi connectivity index (χ0v) is 13.4. The molecule has 7 heteroatoms. The maximum Gasteiger partial charge on any atom is 0.223 e. The summed E-state index contributed by atoms with van der Waals surface area (Å²) in [5.74, 6) is -0.173. The number of aliphatic hydroxyl groups is 2. The zero-order chi connectivity index (χ0) is 15.8. The van der Waals surface area contributed by atoms with Crippen LogP contribution in [0.15, 0.2) is 4.99 Å². The maximum absolute atomic E-state index is 10.8. The molecule has 120 valence electrons. The Bertz CT molecular complexity index is 390. The van der Waals surface area contributed by atoms with Crippen molar-refractivity contribution in [3.63, 3.8) is 0 Å². The van der Waals surface area contributed by atoms with Gasteiger partial charge in [-0.25, -0.2) is 4.99 Å². The minimum absolute atomic E-state index is 0.0227. The molecule has 4 atom stereocenters. The van der Waals surface area contributed by atoms with E-state index in [1.807, 2.05) is 0 Å². The van der Waals surface area contributed by atoms with E-state index in [2.05, 4.69) is 17.2 Å². The lowest BCUT2D eigenvalue weighted by molar-refractivity contribution is -0.117. The second-order valence-corrected chi connectivity index (χ2v) is 6.88. The Morgan fingerprint density at radius 1 is 1.62 bits per heavy atom. The van der Waals surface area contributed by atoms with Crippen LogP contribution in [0, 0.1) is 11.3 Å². The summed E-state index contributed by atoms with van der Waals surface area (Å²) in [7, 11) is 0. The van der Waals surface area contributed by atoms with Gasteiger partial charge in [-0.3, -0.25) is 15.5 Å². The SMILES string of the molecule is CCC(C=NC(=N)NC(C)=O)CC[C@H]1CC(O)[C@@H](CO)S1. The molecule has 0 spiro atoms. The van der Waals surface area contributed by atoms with Gasteiger partial charge in [-0.1, -0.05) is 6.92 Å². The van der Waals surface area contributed by atoms with Crippen LogP contribution in [0.5, 0.6) is 0 Å². The molecule has 0 saturated carbocycles. The summed E-state index contributed by atoms with van der Waals surface area (Å²) >= 11 is 1.66. The Hall–Kier alpha value is -0.920. The van der Waals surface area contributed by atoms with Gasteiger partial charge in [-0.2, -0.15) is 0 Å². The summed E-state index contributed by atoms with van der Waals surface area (Å²) in [6.45, 7) is 3.43. The van der Waals surface area contributed by atoms with Crippen LogP contribution in [0.25, 0.3) is 0 Å². The third-order valence-corrected chi connectivity index (χ3v) is 5.20. The first kappa shape index (κ1) is 18.1. The lowest BCUT2D eigenvalue weighted by Crippen LogP contribution is -2.26. The Morgan fingerprint density at radius 3 is 2.86 bits per heavy atom. The number of nitrogens with zero attached hydrogens (tertiary/aromatic N) is 1. The van der Waals surface area contributed by atoms with E-state index >= 15 is 0 Å². The smallest absolute Gasteiger partial charge is 0.223 e. The number of aliphatic hydroxyl groups excluding tert-OH is 2. The Kier molecular flexibility index (Phi) is 7.92. The van der Waals surface area contributed by atoms with E-state index in [4.69, 9.17) is 10.5 Å². The quantitative estimate of drug-likeness (QED) is 0.436. The molecule has 1 fully saturated rings. The lowest BCUT2D eigenvalue weighted by Gasteiger charge is -2.13. The van der Waals surface area contributed by atoms with Gasteiger partial charge in [0.15, 0.2) is 0 Å². The van der Waals surface area contributed by atoms with E-state index in [1.165, 1.54) is 6.92 Å². The molecular weight excluding hydrogens is 290 g/mol. The second kappa shape index (κ2) is 9.17. The van der Waals surface area contributed by atoms with Gasteiger partial charge in [0, 0.05) is 18.4 Å². The molecular formula is C14H25N3O3S. The van der Waals surface area contributed by atoms with Crippen LogP contribution in [0.2, 0.25) is 0 Å². The van der Waals surface area contributed by atoms with Crippen molar-refractivity contribution in [3.8, 4) is 0 Å². The average Bonchev–Trinajstić information content (AvgIpc) is 2.78. The highest BCUT2D eigenvalue weighted by molar-refractivity contribution is 8.00. The fourth-order valence-electron chi connectivity index (χ4n) is 2.33. The van der Waals surface area contributed by atoms with Crippen LogP contribution < -0.4 is 5.32 Å². The summed E-state index contributed by atoms with van der Waals surface area (Å²) in [4.78, 5) is 14.7. The van der Waals surface area contributed by atoms with Crippen molar-refractivity contribution < 1.29 is 15.0 Å². The van der Waals surface area contributed by atoms with Crippen molar-refractivity contribution in [1.82, 2.24) is 5.32 Å². The molecule has 0 bridgehead atoms. The lowest BCUT2D eigenvalue weighted by atomic mass is 9.98.